The molecular weight excluding hydrogens is 240 g/mol. The van der Waals surface area contributed by atoms with E-state index in [0.29, 0.717) is 23.1 Å². The van der Waals surface area contributed by atoms with Crippen molar-refractivity contribution in [1.82, 2.24) is 5.16 Å². The van der Waals surface area contributed by atoms with Gasteiger partial charge in [0.25, 0.3) is 0 Å². The fraction of sp³-hybridized carbons (Fsp3) is 0.250. The summed E-state index contributed by atoms with van der Waals surface area (Å²) in [6, 6.07) is 5.38. The van der Waals surface area contributed by atoms with Gasteiger partial charge in [0.15, 0.2) is 5.76 Å². The third-order valence-corrected chi connectivity index (χ3v) is 2.92. The summed E-state index contributed by atoms with van der Waals surface area (Å²) in [6.07, 6.45) is 0. The van der Waals surface area contributed by atoms with Crippen molar-refractivity contribution >= 4 is 11.6 Å². The Morgan fingerprint density at radius 1 is 1.47 bits per heavy atom. The summed E-state index contributed by atoms with van der Waals surface area (Å²) >= 11 is 6.17. The Morgan fingerprint density at radius 2 is 2.24 bits per heavy atom. The molecular formula is C12H13ClN2O2. The maximum absolute atomic E-state index is 6.17. The molecule has 0 aliphatic heterocycles. The van der Waals surface area contributed by atoms with Crippen molar-refractivity contribution in [1.29, 1.82) is 0 Å². The molecule has 0 bridgehead atoms. The van der Waals surface area contributed by atoms with Gasteiger partial charge in [0.1, 0.15) is 5.75 Å². The van der Waals surface area contributed by atoms with E-state index < -0.39 is 0 Å². The third-order valence-electron chi connectivity index (χ3n) is 2.61. The van der Waals surface area contributed by atoms with Gasteiger partial charge in [0.05, 0.1) is 17.8 Å². The van der Waals surface area contributed by atoms with Gasteiger partial charge >= 0.3 is 0 Å². The molecule has 0 spiro atoms. The number of nitrogens with zero attached hydrogens (tertiary/aromatic N) is 1. The quantitative estimate of drug-likeness (QED) is 0.912. The molecule has 0 atom stereocenters. The maximum Gasteiger partial charge on any atom is 0.173 e. The zero-order valence-corrected chi connectivity index (χ0v) is 10.4. The van der Waals surface area contributed by atoms with E-state index in [1.807, 2.05) is 19.1 Å². The number of ether oxygens (including phenoxy) is 1. The number of nitrogens with two attached hydrogens (primary N) is 1. The van der Waals surface area contributed by atoms with Crippen molar-refractivity contribution in [3.05, 3.63) is 34.5 Å². The van der Waals surface area contributed by atoms with Crippen LogP contribution in [0.3, 0.4) is 0 Å². The SMILES string of the molecule is COc1ccc(-c2onc(C)c2CN)c(Cl)c1. The average molecular weight is 253 g/mol. The average Bonchev–Trinajstić information content (AvgIpc) is 2.70. The molecule has 1 aromatic carbocycles. The fourth-order valence-electron chi connectivity index (χ4n) is 1.65. The monoisotopic (exact) mass is 252 g/mol. The predicted octanol–water partition coefficient (Wildman–Crippen LogP) is 2.77. The Kier molecular flexibility index (Phi) is 3.36. The first-order chi connectivity index (χ1) is 8.17. The van der Waals surface area contributed by atoms with E-state index in [1.54, 1.807) is 13.2 Å². The molecule has 1 heterocycles. The molecule has 0 fully saturated rings. The molecule has 0 unspecified atom stereocenters. The summed E-state index contributed by atoms with van der Waals surface area (Å²) in [4.78, 5) is 0. The molecule has 2 N–H and O–H groups in total. The number of methoxy groups -OCH3 is 1. The smallest absolute Gasteiger partial charge is 0.173 e. The number of hydrogen-bond acceptors (Lipinski definition) is 4. The lowest BCUT2D eigenvalue weighted by atomic mass is 10.1. The molecule has 0 radical (unpaired) electrons. The third kappa shape index (κ3) is 2.14. The Balaban J connectivity index is 2.53. The summed E-state index contributed by atoms with van der Waals surface area (Å²) in [6.45, 7) is 2.22. The fourth-order valence-corrected chi connectivity index (χ4v) is 1.90. The molecule has 4 nitrogen and oxygen atoms in total. The standard InChI is InChI=1S/C12H13ClN2O2/c1-7-10(6-14)12(17-15-7)9-4-3-8(16-2)5-11(9)13/h3-5H,6,14H2,1-2H3. The van der Waals surface area contributed by atoms with Gasteiger partial charge in [0, 0.05) is 17.7 Å². The second-order valence-corrected chi connectivity index (χ2v) is 4.03. The van der Waals surface area contributed by atoms with Crippen molar-refractivity contribution in [2.45, 2.75) is 13.5 Å². The van der Waals surface area contributed by atoms with Crippen LogP contribution in [0.2, 0.25) is 5.02 Å². The summed E-state index contributed by atoms with van der Waals surface area (Å²) in [5.74, 6) is 1.32. The Labute approximate surface area is 104 Å². The number of halogens is 1. The molecule has 90 valence electrons. The van der Waals surface area contributed by atoms with Crippen LogP contribution in [-0.2, 0) is 6.54 Å². The maximum atomic E-state index is 6.17. The zero-order chi connectivity index (χ0) is 12.4. The number of hydrogen-bond donors (Lipinski definition) is 1. The van der Waals surface area contributed by atoms with Crippen LogP contribution in [-0.4, -0.2) is 12.3 Å². The molecule has 0 aliphatic carbocycles. The van der Waals surface area contributed by atoms with Gasteiger partial charge in [0.2, 0.25) is 0 Å². The van der Waals surface area contributed by atoms with Crippen LogP contribution >= 0.6 is 11.6 Å². The molecule has 2 rings (SSSR count). The molecule has 0 saturated heterocycles. The Bertz CT molecular complexity index is 537. The summed E-state index contributed by atoms with van der Waals surface area (Å²) < 4.78 is 10.4. The molecule has 1 aromatic heterocycles. The largest absolute Gasteiger partial charge is 0.497 e. The lowest BCUT2D eigenvalue weighted by Gasteiger charge is -2.05. The minimum Gasteiger partial charge on any atom is -0.497 e. The first-order valence-electron chi connectivity index (χ1n) is 5.16. The number of aryl methyl sites for hydroxylation is 1. The van der Waals surface area contributed by atoms with E-state index in [0.717, 1.165) is 16.8 Å². The molecule has 0 aliphatic rings. The molecule has 0 amide bonds. The Morgan fingerprint density at radius 3 is 2.82 bits per heavy atom. The highest BCUT2D eigenvalue weighted by atomic mass is 35.5. The lowest BCUT2D eigenvalue weighted by molar-refractivity contribution is 0.414. The van der Waals surface area contributed by atoms with E-state index >= 15 is 0 Å². The van der Waals surface area contributed by atoms with Gasteiger partial charge in [-0.3, -0.25) is 0 Å². The number of aromatic nitrogens is 1. The molecule has 5 heteroatoms. The van der Waals surface area contributed by atoms with E-state index in [4.69, 9.17) is 26.6 Å². The first-order valence-corrected chi connectivity index (χ1v) is 5.54. The van der Waals surface area contributed by atoms with Crippen LogP contribution in [0, 0.1) is 6.92 Å². The lowest BCUT2D eigenvalue weighted by Crippen LogP contribution is -1.98. The van der Waals surface area contributed by atoms with Gasteiger partial charge in [-0.15, -0.1) is 0 Å². The number of rotatable bonds is 3. The summed E-state index contributed by atoms with van der Waals surface area (Å²) in [5.41, 5.74) is 8.10. The second-order valence-electron chi connectivity index (χ2n) is 3.63. The van der Waals surface area contributed by atoms with Gasteiger partial charge in [-0.05, 0) is 25.1 Å². The summed E-state index contributed by atoms with van der Waals surface area (Å²) in [7, 11) is 1.59. The second kappa shape index (κ2) is 4.77. The normalized spacial score (nSPS) is 10.6. The zero-order valence-electron chi connectivity index (χ0n) is 9.66. The van der Waals surface area contributed by atoms with Gasteiger partial charge in [-0.25, -0.2) is 0 Å². The highest BCUT2D eigenvalue weighted by Gasteiger charge is 2.16. The Hall–Kier alpha value is -1.52. The topological polar surface area (TPSA) is 61.3 Å². The van der Waals surface area contributed by atoms with Crippen molar-refractivity contribution in [2.75, 3.05) is 7.11 Å². The van der Waals surface area contributed by atoms with Crippen LogP contribution in [0.5, 0.6) is 5.75 Å². The van der Waals surface area contributed by atoms with Crippen molar-refractivity contribution < 1.29 is 9.26 Å². The van der Waals surface area contributed by atoms with Crippen LogP contribution in [0.25, 0.3) is 11.3 Å². The summed E-state index contributed by atoms with van der Waals surface area (Å²) in [5, 5.41) is 4.45. The minimum absolute atomic E-state index is 0.368. The first kappa shape index (κ1) is 12.0. The van der Waals surface area contributed by atoms with Crippen LogP contribution in [0.15, 0.2) is 22.7 Å². The van der Waals surface area contributed by atoms with E-state index in [2.05, 4.69) is 5.16 Å². The van der Waals surface area contributed by atoms with Gasteiger partial charge in [-0.1, -0.05) is 16.8 Å². The van der Waals surface area contributed by atoms with E-state index in [-0.39, 0.29) is 0 Å². The van der Waals surface area contributed by atoms with Crippen molar-refractivity contribution in [3.63, 3.8) is 0 Å². The van der Waals surface area contributed by atoms with Crippen LogP contribution < -0.4 is 10.5 Å². The van der Waals surface area contributed by atoms with Crippen molar-refractivity contribution in [2.24, 2.45) is 5.73 Å². The van der Waals surface area contributed by atoms with E-state index in [9.17, 15) is 0 Å². The van der Waals surface area contributed by atoms with Gasteiger partial charge in [-0.2, -0.15) is 0 Å². The molecule has 0 saturated carbocycles. The minimum atomic E-state index is 0.368. The highest BCUT2D eigenvalue weighted by molar-refractivity contribution is 6.33. The highest BCUT2D eigenvalue weighted by Crippen LogP contribution is 2.34. The number of benzene rings is 1. The molecule has 2 aromatic rings. The van der Waals surface area contributed by atoms with Gasteiger partial charge < -0.3 is 15.0 Å². The predicted molar refractivity (Wildman–Crippen MR) is 66.1 cm³/mol. The van der Waals surface area contributed by atoms with Crippen molar-refractivity contribution in [3.8, 4) is 17.1 Å². The van der Waals surface area contributed by atoms with E-state index in [1.165, 1.54) is 0 Å². The van der Waals surface area contributed by atoms with Crippen LogP contribution in [0.4, 0.5) is 0 Å². The van der Waals surface area contributed by atoms with Crippen LogP contribution in [0.1, 0.15) is 11.3 Å². The molecule has 17 heavy (non-hydrogen) atoms.